The number of likely N-dealkylation sites (N-methyl/N-ethyl adjacent to an activating group) is 1. The van der Waals surface area contributed by atoms with Crippen molar-refractivity contribution >= 4 is 0 Å². The topological polar surface area (TPSA) is 23.5 Å². The summed E-state index contributed by atoms with van der Waals surface area (Å²) >= 11 is 0. The molecule has 0 amide bonds. The van der Waals surface area contributed by atoms with Crippen LogP contribution in [0.3, 0.4) is 0 Å². The van der Waals surface area contributed by atoms with Crippen LogP contribution in [-0.2, 0) is 0 Å². The van der Waals surface area contributed by atoms with E-state index in [1.165, 1.54) is 11.1 Å². The Labute approximate surface area is 115 Å². The molecule has 0 aliphatic rings. The first-order chi connectivity index (χ1) is 9.36. The summed E-state index contributed by atoms with van der Waals surface area (Å²) in [5, 5.41) is 9.27. The van der Waals surface area contributed by atoms with Gasteiger partial charge >= 0.3 is 0 Å². The summed E-state index contributed by atoms with van der Waals surface area (Å²) in [4.78, 5) is 2.30. The van der Waals surface area contributed by atoms with Gasteiger partial charge in [0, 0.05) is 6.54 Å². The van der Waals surface area contributed by atoms with Gasteiger partial charge in [0.15, 0.2) is 0 Å². The predicted molar refractivity (Wildman–Crippen MR) is 79.1 cm³/mol. The van der Waals surface area contributed by atoms with Crippen molar-refractivity contribution in [2.24, 2.45) is 0 Å². The van der Waals surface area contributed by atoms with Crippen molar-refractivity contribution in [3.63, 3.8) is 0 Å². The summed E-state index contributed by atoms with van der Waals surface area (Å²) in [6.07, 6.45) is 0. The van der Waals surface area contributed by atoms with Crippen molar-refractivity contribution in [2.75, 3.05) is 19.7 Å². The number of hydrogen-bond acceptors (Lipinski definition) is 2. The molecule has 2 aromatic carbocycles. The van der Waals surface area contributed by atoms with Crippen LogP contribution in [0.1, 0.15) is 24.1 Å². The molecule has 0 spiro atoms. The van der Waals surface area contributed by atoms with Gasteiger partial charge in [-0.15, -0.1) is 0 Å². The van der Waals surface area contributed by atoms with Gasteiger partial charge in [0.25, 0.3) is 0 Å². The van der Waals surface area contributed by atoms with Gasteiger partial charge in [-0.25, -0.2) is 0 Å². The second-order valence-corrected chi connectivity index (χ2v) is 4.58. The first-order valence-electron chi connectivity index (χ1n) is 6.81. The minimum Gasteiger partial charge on any atom is -0.395 e. The average molecular weight is 255 g/mol. The van der Waals surface area contributed by atoms with E-state index in [2.05, 4.69) is 60.4 Å². The maximum atomic E-state index is 9.27. The Morgan fingerprint density at radius 3 is 1.74 bits per heavy atom. The van der Waals surface area contributed by atoms with Crippen molar-refractivity contribution in [1.82, 2.24) is 4.90 Å². The Morgan fingerprint density at radius 1 is 0.895 bits per heavy atom. The molecular formula is C17H21NO. The molecule has 0 saturated carbocycles. The molecular weight excluding hydrogens is 234 g/mol. The first kappa shape index (κ1) is 13.8. The standard InChI is InChI=1S/C17H21NO/c1-2-18(13-14-19)17(15-9-5-3-6-10-15)16-11-7-4-8-12-16/h3-12,17,19H,2,13-14H2,1H3. The summed E-state index contributed by atoms with van der Waals surface area (Å²) in [5.74, 6) is 0. The zero-order chi connectivity index (χ0) is 13.5. The fraction of sp³-hybridized carbons (Fsp3) is 0.294. The van der Waals surface area contributed by atoms with E-state index in [9.17, 15) is 5.11 Å². The number of benzene rings is 2. The van der Waals surface area contributed by atoms with Crippen molar-refractivity contribution in [3.05, 3.63) is 71.8 Å². The molecule has 100 valence electrons. The van der Waals surface area contributed by atoms with Crippen LogP contribution in [0.5, 0.6) is 0 Å². The number of aliphatic hydroxyl groups excluding tert-OH is 1. The van der Waals surface area contributed by atoms with Crippen LogP contribution in [0.2, 0.25) is 0 Å². The third kappa shape index (κ3) is 3.43. The van der Waals surface area contributed by atoms with Crippen LogP contribution >= 0.6 is 0 Å². The molecule has 2 heteroatoms. The lowest BCUT2D eigenvalue weighted by molar-refractivity contribution is 0.174. The Balaban J connectivity index is 2.38. The summed E-state index contributed by atoms with van der Waals surface area (Å²) in [6, 6.07) is 21.2. The highest BCUT2D eigenvalue weighted by Gasteiger charge is 2.20. The molecule has 0 bridgehead atoms. The predicted octanol–water partition coefficient (Wildman–Crippen LogP) is 3.09. The molecule has 0 aliphatic heterocycles. The zero-order valence-corrected chi connectivity index (χ0v) is 11.4. The third-order valence-corrected chi connectivity index (χ3v) is 3.39. The lowest BCUT2D eigenvalue weighted by Crippen LogP contribution is -2.32. The van der Waals surface area contributed by atoms with Gasteiger partial charge < -0.3 is 5.11 Å². The second-order valence-electron chi connectivity index (χ2n) is 4.58. The van der Waals surface area contributed by atoms with E-state index < -0.39 is 0 Å². The molecule has 0 fully saturated rings. The molecule has 0 aromatic heterocycles. The summed E-state index contributed by atoms with van der Waals surface area (Å²) in [6.45, 7) is 3.92. The first-order valence-corrected chi connectivity index (χ1v) is 6.81. The quantitative estimate of drug-likeness (QED) is 0.857. The minimum absolute atomic E-state index is 0.185. The van der Waals surface area contributed by atoms with Gasteiger partial charge in [0.1, 0.15) is 0 Å². The molecule has 0 unspecified atom stereocenters. The van der Waals surface area contributed by atoms with Crippen LogP contribution in [0.15, 0.2) is 60.7 Å². The van der Waals surface area contributed by atoms with Crippen molar-refractivity contribution in [2.45, 2.75) is 13.0 Å². The highest BCUT2D eigenvalue weighted by Crippen LogP contribution is 2.27. The average Bonchev–Trinajstić information content (AvgIpc) is 2.49. The minimum atomic E-state index is 0.185. The Bertz CT molecular complexity index is 430. The Kier molecular flexibility index (Phi) is 5.13. The van der Waals surface area contributed by atoms with Crippen LogP contribution in [0, 0.1) is 0 Å². The van der Waals surface area contributed by atoms with Crippen molar-refractivity contribution in [3.8, 4) is 0 Å². The van der Waals surface area contributed by atoms with Gasteiger partial charge in [0.2, 0.25) is 0 Å². The monoisotopic (exact) mass is 255 g/mol. The van der Waals surface area contributed by atoms with E-state index in [4.69, 9.17) is 0 Å². The number of aliphatic hydroxyl groups is 1. The second kappa shape index (κ2) is 7.07. The number of hydrogen-bond donors (Lipinski definition) is 1. The fourth-order valence-corrected chi connectivity index (χ4v) is 2.48. The van der Waals surface area contributed by atoms with E-state index in [1.54, 1.807) is 0 Å². The van der Waals surface area contributed by atoms with Crippen LogP contribution in [0.4, 0.5) is 0 Å². The van der Waals surface area contributed by atoms with Gasteiger partial charge in [0.05, 0.1) is 12.6 Å². The Hall–Kier alpha value is -1.64. The number of rotatable bonds is 6. The van der Waals surface area contributed by atoms with Gasteiger partial charge in [-0.05, 0) is 17.7 Å². The van der Waals surface area contributed by atoms with Gasteiger partial charge in [-0.1, -0.05) is 67.6 Å². The molecule has 1 N–H and O–H groups in total. The van der Waals surface area contributed by atoms with Crippen LogP contribution < -0.4 is 0 Å². The molecule has 0 saturated heterocycles. The Morgan fingerprint density at radius 2 is 1.37 bits per heavy atom. The van der Waals surface area contributed by atoms with E-state index in [-0.39, 0.29) is 12.6 Å². The SMILES string of the molecule is CCN(CCO)C(c1ccccc1)c1ccccc1. The highest BCUT2D eigenvalue weighted by molar-refractivity contribution is 5.31. The van der Waals surface area contributed by atoms with E-state index in [1.807, 2.05) is 12.1 Å². The van der Waals surface area contributed by atoms with Crippen molar-refractivity contribution < 1.29 is 5.11 Å². The van der Waals surface area contributed by atoms with Gasteiger partial charge in [-0.3, -0.25) is 4.90 Å². The normalized spacial score (nSPS) is 11.2. The van der Waals surface area contributed by atoms with E-state index in [0.29, 0.717) is 6.54 Å². The summed E-state index contributed by atoms with van der Waals surface area (Å²) in [5.41, 5.74) is 2.54. The van der Waals surface area contributed by atoms with E-state index in [0.717, 1.165) is 6.54 Å². The molecule has 0 atom stereocenters. The van der Waals surface area contributed by atoms with E-state index >= 15 is 0 Å². The lowest BCUT2D eigenvalue weighted by atomic mass is 9.97. The number of nitrogens with zero attached hydrogens (tertiary/aromatic N) is 1. The molecule has 19 heavy (non-hydrogen) atoms. The molecule has 0 radical (unpaired) electrons. The molecule has 2 rings (SSSR count). The molecule has 2 aromatic rings. The zero-order valence-electron chi connectivity index (χ0n) is 11.4. The smallest absolute Gasteiger partial charge is 0.0602 e. The van der Waals surface area contributed by atoms with Crippen molar-refractivity contribution in [1.29, 1.82) is 0 Å². The van der Waals surface area contributed by atoms with Crippen LogP contribution in [0.25, 0.3) is 0 Å². The fourth-order valence-electron chi connectivity index (χ4n) is 2.48. The lowest BCUT2D eigenvalue weighted by Gasteiger charge is -2.31. The van der Waals surface area contributed by atoms with Crippen LogP contribution in [-0.4, -0.2) is 29.7 Å². The molecule has 0 aliphatic carbocycles. The maximum absolute atomic E-state index is 9.27. The highest BCUT2D eigenvalue weighted by atomic mass is 16.3. The largest absolute Gasteiger partial charge is 0.395 e. The van der Waals surface area contributed by atoms with Gasteiger partial charge in [-0.2, -0.15) is 0 Å². The third-order valence-electron chi connectivity index (χ3n) is 3.39. The maximum Gasteiger partial charge on any atom is 0.0602 e. The molecule has 0 heterocycles. The summed E-state index contributed by atoms with van der Waals surface area (Å²) < 4.78 is 0. The molecule has 2 nitrogen and oxygen atoms in total. The summed E-state index contributed by atoms with van der Waals surface area (Å²) in [7, 11) is 0.